The van der Waals surface area contributed by atoms with Gasteiger partial charge in [-0.2, -0.15) is 0 Å². The second kappa shape index (κ2) is 7.29. The minimum atomic E-state index is -0.527. The number of ketones is 2. The number of allylic oxidation sites excluding steroid dienone is 2. The second-order valence-corrected chi connectivity index (χ2v) is 14.8. The Labute approximate surface area is 215 Å². The van der Waals surface area contributed by atoms with E-state index >= 15 is 0 Å². The first-order chi connectivity index (χ1) is 16.8. The lowest BCUT2D eigenvalue weighted by atomic mass is 9.38. The highest BCUT2D eigenvalue weighted by molar-refractivity contribution is 6.29. The van der Waals surface area contributed by atoms with Gasteiger partial charge in [0, 0.05) is 22.3 Å². The highest BCUT2D eigenvalue weighted by atomic mass is 16.5. The molecular formula is C31H42N2O3. The van der Waals surface area contributed by atoms with Crippen LogP contribution in [0.3, 0.4) is 0 Å². The quantitative estimate of drug-likeness (QED) is 0.480. The third-order valence-corrected chi connectivity index (χ3v) is 12.2. The molecule has 0 aliphatic heterocycles. The Morgan fingerprint density at radius 2 is 1.78 bits per heavy atom. The van der Waals surface area contributed by atoms with Crippen molar-refractivity contribution >= 4 is 17.8 Å². The fourth-order valence-corrected chi connectivity index (χ4v) is 10.5. The van der Waals surface area contributed by atoms with Crippen LogP contribution in [-0.4, -0.2) is 22.9 Å². The highest BCUT2D eigenvalue weighted by Gasteiger charge is 2.66. The zero-order chi connectivity index (χ0) is 25.9. The van der Waals surface area contributed by atoms with E-state index in [-0.39, 0.29) is 51.0 Å². The first-order valence-corrected chi connectivity index (χ1v) is 14.1. The number of nitrogens with zero attached hydrogens (tertiary/aromatic N) is 1. The summed E-state index contributed by atoms with van der Waals surface area (Å²) in [5.74, 6) is 1.80. The van der Waals surface area contributed by atoms with Crippen LogP contribution in [0.2, 0.25) is 0 Å². The number of fused-ring (bicyclic) bond motifs is 8. The van der Waals surface area contributed by atoms with Crippen molar-refractivity contribution in [3.63, 3.8) is 0 Å². The average molecular weight is 491 g/mol. The molecule has 7 unspecified atom stereocenters. The first-order valence-electron chi connectivity index (χ1n) is 14.1. The summed E-state index contributed by atoms with van der Waals surface area (Å²) in [6.45, 7) is 14.0. The molecule has 3 saturated carbocycles. The number of rotatable bonds is 2. The number of hydrogen-bond donors (Lipinski definition) is 1. The number of Topliss-reactive ketones (excluding diaryl/α,β-unsaturated/α-hetero) is 1. The van der Waals surface area contributed by atoms with Crippen LogP contribution >= 0.6 is 0 Å². The highest BCUT2D eigenvalue weighted by Crippen LogP contribution is 2.70. The van der Waals surface area contributed by atoms with Crippen LogP contribution in [0.5, 0.6) is 0 Å². The average Bonchev–Trinajstić information content (AvgIpc) is 3.28. The van der Waals surface area contributed by atoms with E-state index in [0.29, 0.717) is 5.92 Å². The van der Waals surface area contributed by atoms with Gasteiger partial charge in [-0.1, -0.05) is 52.3 Å². The summed E-state index contributed by atoms with van der Waals surface area (Å²) in [5.41, 5.74) is 1.83. The lowest BCUT2D eigenvalue weighted by molar-refractivity contribution is -0.155. The summed E-state index contributed by atoms with van der Waals surface area (Å²) in [7, 11) is 0. The third kappa shape index (κ3) is 2.89. The molecule has 194 valence electrons. The van der Waals surface area contributed by atoms with Crippen molar-refractivity contribution < 1.29 is 14.1 Å². The Kier molecular flexibility index (Phi) is 4.92. The predicted molar refractivity (Wildman–Crippen MR) is 139 cm³/mol. The molecule has 3 fully saturated rings. The minimum Gasteiger partial charge on any atom is -0.361 e. The molecule has 1 aromatic heterocycles. The van der Waals surface area contributed by atoms with Crippen LogP contribution in [0, 0.1) is 50.7 Å². The number of carbonyl (C=O) groups is 2. The molecule has 0 spiro atoms. The standard InChI is InChI=1S/C31H42N2O3/c1-27(2)11-12-31(24(35)16-32)10-7-19-25(20(31)15-27)21(34)13-23-29(19,5)9-8-22-28(3,4)26-18(17-33-36-26)14-30(22,23)6/h13,16-17,19-20,22,25,32H,7-12,14-15H2,1-6H3. The molecule has 6 rings (SSSR count). The maximum absolute atomic E-state index is 14.2. The van der Waals surface area contributed by atoms with E-state index in [0.717, 1.165) is 63.3 Å². The van der Waals surface area contributed by atoms with Gasteiger partial charge in [0.15, 0.2) is 11.6 Å². The van der Waals surface area contributed by atoms with Gasteiger partial charge >= 0.3 is 0 Å². The van der Waals surface area contributed by atoms with Crippen molar-refractivity contribution in [2.45, 2.75) is 98.3 Å². The summed E-state index contributed by atoms with van der Waals surface area (Å²) in [6, 6.07) is 0. The van der Waals surface area contributed by atoms with Gasteiger partial charge in [0.25, 0.3) is 0 Å². The van der Waals surface area contributed by atoms with Crippen molar-refractivity contribution in [1.82, 2.24) is 5.16 Å². The number of nitrogens with one attached hydrogen (secondary N) is 1. The van der Waals surface area contributed by atoms with Crippen LogP contribution in [0.1, 0.15) is 97.8 Å². The topological polar surface area (TPSA) is 84.0 Å². The molecule has 5 heteroatoms. The first kappa shape index (κ1) is 24.3. The van der Waals surface area contributed by atoms with E-state index < -0.39 is 5.41 Å². The molecule has 1 heterocycles. The Balaban J connectivity index is 1.47. The fourth-order valence-electron chi connectivity index (χ4n) is 10.5. The van der Waals surface area contributed by atoms with E-state index in [9.17, 15) is 9.59 Å². The number of aromatic nitrogens is 1. The summed E-state index contributed by atoms with van der Waals surface area (Å²) in [4.78, 5) is 27.5. The molecular weight excluding hydrogens is 448 g/mol. The van der Waals surface area contributed by atoms with Crippen molar-refractivity contribution in [2.75, 3.05) is 0 Å². The molecule has 7 atom stereocenters. The second-order valence-electron chi connectivity index (χ2n) is 14.8. The maximum Gasteiger partial charge on any atom is 0.179 e. The molecule has 5 aliphatic carbocycles. The van der Waals surface area contributed by atoms with Crippen molar-refractivity contribution in [3.05, 3.63) is 29.2 Å². The van der Waals surface area contributed by atoms with Crippen LogP contribution in [0.15, 0.2) is 22.4 Å². The molecule has 0 radical (unpaired) electrons. The van der Waals surface area contributed by atoms with Crippen molar-refractivity contribution in [1.29, 1.82) is 5.41 Å². The van der Waals surface area contributed by atoms with Gasteiger partial charge in [-0.25, -0.2) is 0 Å². The minimum absolute atomic E-state index is 0.0363. The fraction of sp³-hybridized carbons (Fsp3) is 0.742. The number of carbonyl (C=O) groups excluding carboxylic acids is 2. The molecule has 0 amide bonds. The lowest BCUT2D eigenvalue weighted by Crippen LogP contribution is -2.62. The van der Waals surface area contributed by atoms with Crippen LogP contribution < -0.4 is 0 Å². The Bertz CT molecular complexity index is 1190. The summed E-state index contributed by atoms with van der Waals surface area (Å²) < 4.78 is 5.77. The normalized spacial score (nSPS) is 44.2. The maximum atomic E-state index is 14.2. The van der Waals surface area contributed by atoms with Gasteiger partial charge in [0.1, 0.15) is 5.76 Å². The van der Waals surface area contributed by atoms with Crippen molar-refractivity contribution in [2.24, 2.45) is 45.3 Å². The van der Waals surface area contributed by atoms with E-state index in [4.69, 9.17) is 9.93 Å². The van der Waals surface area contributed by atoms with Crippen LogP contribution in [0.25, 0.3) is 0 Å². The molecule has 1 aromatic rings. The molecule has 0 aromatic carbocycles. The van der Waals surface area contributed by atoms with E-state index in [1.807, 2.05) is 6.20 Å². The van der Waals surface area contributed by atoms with Gasteiger partial charge in [-0.15, -0.1) is 0 Å². The SMILES string of the molecule is CC1(C)CCC2(C(=O)C=N)CCC3C(C(=O)C=C4C3(C)CCC3C4(C)Cc4cnoc4C3(C)C)C2C1. The number of hydrogen-bond acceptors (Lipinski definition) is 5. The van der Waals surface area contributed by atoms with Crippen LogP contribution in [-0.2, 0) is 21.4 Å². The molecule has 0 saturated heterocycles. The van der Waals surface area contributed by atoms with E-state index in [2.05, 4.69) is 52.8 Å². The third-order valence-electron chi connectivity index (χ3n) is 12.2. The molecule has 36 heavy (non-hydrogen) atoms. The van der Waals surface area contributed by atoms with Gasteiger partial charge in [0.2, 0.25) is 0 Å². The summed E-state index contributed by atoms with van der Waals surface area (Å²) in [6.07, 6.45) is 12.5. The van der Waals surface area contributed by atoms with Crippen LogP contribution in [0.4, 0.5) is 0 Å². The lowest BCUT2D eigenvalue weighted by Gasteiger charge is -2.65. The van der Waals surface area contributed by atoms with Crippen molar-refractivity contribution in [3.8, 4) is 0 Å². The van der Waals surface area contributed by atoms with Gasteiger partial charge < -0.3 is 9.93 Å². The smallest absolute Gasteiger partial charge is 0.179 e. The Hall–Kier alpha value is -2.04. The van der Waals surface area contributed by atoms with E-state index in [1.165, 1.54) is 11.1 Å². The largest absolute Gasteiger partial charge is 0.361 e. The van der Waals surface area contributed by atoms with E-state index in [1.54, 1.807) is 0 Å². The Morgan fingerprint density at radius 3 is 2.50 bits per heavy atom. The summed E-state index contributed by atoms with van der Waals surface area (Å²) in [5, 5.41) is 12.0. The molecule has 0 bridgehead atoms. The predicted octanol–water partition coefficient (Wildman–Crippen LogP) is 6.50. The van der Waals surface area contributed by atoms with Gasteiger partial charge in [0.05, 0.1) is 12.4 Å². The Morgan fingerprint density at radius 1 is 1.03 bits per heavy atom. The zero-order valence-electron chi connectivity index (χ0n) is 22.9. The molecule has 5 aliphatic rings. The molecule has 5 nitrogen and oxygen atoms in total. The monoisotopic (exact) mass is 490 g/mol. The molecule has 1 N–H and O–H groups in total. The zero-order valence-corrected chi connectivity index (χ0v) is 22.9. The van der Waals surface area contributed by atoms with Gasteiger partial charge in [-0.3, -0.25) is 9.59 Å². The summed E-state index contributed by atoms with van der Waals surface area (Å²) >= 11 is 0. The van der Waals surface area contributed by atoms with Gasteiger partial charge in [-0.05, 0) is 91.4 Å².